The Morgan fingerprint density at radius 1 is 1.47 bits per heavy atom. The topological polar surface area (TPSA) is 78.9 Å². The van der Waals surface area contributed by atoms with Gasteiger partial charge >= 0.3 is 5.97 Å². The molecule has 2 aromatic rings. The minimum atomic E-state index is -1.06. The smallest absolute Gasteiger partial charge is 0.339 e. The van der Waals surface area contributed by atoms with E-state index in [1.807, 2.05) is 6.07 Å². The molecule has 5 heteroatoms. The Kier molecular flexibility index (Phi) is 2.63. The summed E-state index contributed by atoms with van der Waals surface area (Å²) in [6.45, 7) is 1.77. The first-order valence-electron chi connectivity index (χ1n) is 4.92. The molecule has 17 heavy (non-hydrogen) atoms. The second kappa shape index (κ2) is 4.10. The van der Waals surface area contributed by atoms with Crippen LogP contribution in [0, 0.1) is 18.3 Å². The first-order valence-corrected chi connectivity index (χ1v) is 4.92. The van der Waals surface area contributed by atoms with Gasteiger partial charge in [0, 0.05) is 11.9 Å². The average molecular weight is 227 g/mol. The van der Waals surface area contributed by atoms with Crippen LogP contribution in [0.15, 0.2) is 30.5 Å². The summed E-state index contributed by atoms with van der Waals surface area (Å²) in [5.41, 5.74) is 1.12. The fourth-order valence-corrected chi connectivity index (χ4v) is 1.55. The maximum atomic E-state index is 11.1. The van der Waals surface area contributed by atoms with Crippen molar-refractivity contribution in [3.63, 3.8) is 0 Å². The Morgan fingerprint density at radius 3 is 2.88 bits per heavy atom. The summed E-state index contributed by atoms with van der Waals surface area (Å²) in [4.78, 5) is 15.3. The van der Waals surface area contributed by atoms with E-state index < -0.39 is 5.97 Å². The van der Waals surface area contributed by atoms with E-state index in [1.54, 1.807) is 31.3 Å². The fourth-order valence-electron chi connectivity index (χ4n) is 1.55. The summed E-state index contributed by atoms with van der Waals surface area (Å²) < 4.78 is 1.47. The first kappa shape index (κ1) is 10.9. The summed E-state index contributed by atoms with van der Waals surface area (Å²) >= 11 is 0. The van der Waals surface area contributed by atoms with E-state index in [0.29, 0.717) is 11.4 Å². The van der Waals surface area contributed by atoms with Gasteiger partial charge in [-0.1, -0.05) is 0 Å². The van der Waals surface area contributed by atoms with E-state index in [4.69, 9.17) is 10.4 Å². The van der Waals surface area contributed by atoms with Crippen molar-refractivity contribution >= 4 is 5.97 Å². The molecule has 0 aliphatic rings. The van der Waals surface area contributed by atoms with Crippen molar-refractivity contribution in [2.45, 2.75) is 6.92 Å². The predicted molar refractivity (Wildman–Crippen MR) is 60.0 cm³/mol. The quantitative estimate of drug-likeness (QED) is 0.847. The molecule has 0 saturated carbocycles. The van der Waals surface area contributed by atoms with Gasteiger partial charge < -0.3 is 5.11 Å². The van der Waals surface area contributed by atoms with Crippen LogP contribution in [0.5, 0.6) is 0 Å². The zero-order valence-corrected chi connectivity index (χ0v) is 9.08. The Labute approximate surface area is 97.6 Å². The lowest BCUT2D eigenvalue weighted by Gasteiger charge is -2.08. The van der Waals surface area contributed by atoms with Gasteiger partial charge in [-0.3, -0.25) is 4.57 Å². The molecule has 0 atom stereocenters. The van der Waals surface area contributed by atoms with Crippen LogP contribution in [-0.2, 0) is 0 Å². The molecular weight excluding hydrogens is 218 g/mol. The number of carbonyl (C=O) groups is 1. The Morgan fingerprint density at radius 2 is 2.24 bits per heavy atom. The van der Waals surface area contributed by atoms with Crippen LogP contribution in [0.3, 0.4) is 0 Å². The molecule has 2 aromatic heterocycles. The number of aryl methyl sites for hydroxylation is 1. The van der Waals surface area contributed by atoms with Gasteiger partial charge in [0.1, 0.15) is 17.3 Å². The van der Waals surface area contributed by atoms with Crippen molar-refractivity contribution in [3.8, 4) is 11.9 Å². The molecule has 0 spiro atoms. The summed E-state index contributed by atoms with van der Waals surface area (Å²) in [5, 5.41) is 18.0. The van der Waals surface area contributed by atoms with Crippen LogP contribution in [0.4, 0.5) is 0 Å². The van der Waals surface area contributed by atoms with Gasteiger partial charge in [0.05, 0.1) is 0 Å². The SMILES string of the molecule is Cc1ccc(C(=O)O)c(-n2cccc2C#N)n1. The number of aromatic carboxylic acids is 1. The molecule has 0 amide bonds. The van der Waals surface area contributed by atoms with Gasteiger partial charge in [-0.05, 0) is 31.2 Å². The van der Waals surface area contributed by atoms with Crippen molar-refractivity contribution in [1.82, 2.24) is 9.55 Å². The van der Waals surface area contributed by atoms with E-state index in [2.05, 4.69) is 4.98 Å². The molecule has 5 nitrogen and oxygen atoms in total. The van der Waals surface area contributed by atoms with E-state index in [-0.39, 0.29) is 11.4 Å². The van der Waals surface area contributed by atoms with Crippen LogP contribution in [-0.4, -0.2) is 20.6 Å². The molecule has 0 unspecified atom stereocenters. The number of hydrogen-bond acceptors (Lipinski definition) is 3. The molecule has 1 N–H and O–H groups in total. The highest BCUT2D eigenvalue weighted by atomic mass is 16.4. The Balaban J connectivity index is 2.70. The largest absolute Gasteiger partial charge is 0.478 e. The molecule has 0 bridgehead atoms. The molecule has 2 heterocycles. The third kappa shape index (κ3) is 1.88. The lowest BCUT2D eigenvalue weighted by molar-refractivity contribution is 0.0696. The number of nitriles is 1. The normalized spacial score (nSPS) is 9.88. The number of hydrogen-bond donors (Lipinski definition) is 1. The second-order valence-electron chi connectivity index (χ2n) is 3.50. The zero-order chi connectivity index (χ0) is 12.4. The first-order chi connectivity index (χ1) is 8.13. The molecule has 0 radical (unpaired) electrons. The van der Waals surface area contributed by atoms with Gasteiger partial charge in [0.25, 0.3) is 0 Å². The van der Waals surface area contributed by atoms with Crippen LogP contribution in [0.25, 0.3) is 5.82 Å². The third-order valence-electron chi connectivity index (χ3n) is 2.34. The van der Waals surface area contributed by atoms with Gasteiger partial charge in [-0.25, -0.2) is 9.78 Å². The van der Waals surface area contributed by atoms with Crippen molar-refractivity contribution in [3.05, 3.63) is 47.4 Å². The maximum absolute atomic E-state index is 11.1. The molecule has 0 fully saturated rings. The van der Waals surface area contributed by atoms with Crippen molar-refractivity contribution in [1.29, 1.82) is 5.26 Å². The van der Waals surface area contributed by atoms with Crippen molar-refractivity contribution in [2.24, 2.45) is 0 Å². The van der Waals surface area contributed by atoms with Gasteiger partial charge in [0.2, 0.25) is 0 Å². The summed E-state index contributed by atoms with van der Waals surface area (Å²) in [7, 11) is 0. The van der Waals surface area contributed by atoms with Crippen molar-refractivity contribution in [2.75, 3.05) is 0 Å². The standard InChI is InChI=1S/C12H9N3O2/c1-8-4-5-10(12(16)17)11(14-8)15-6-2-3-9(15)7-13/h2-6H,1H3,(H,16,17). The number of aromatic nitrogens is 2. The monoisotopic (exact) mass is 227 g/mol. The maximum Gasteiger partial charge on any atom is 0.339 e. The Hall–Kier alpha value is -2.61. The molecule has 84 valence electrons. The van der Waals surface area contributed by atoms with Crippen LogP contribution in [0.1, 0.15) is 21.7 Å². The predicted octanol–water partition coefficient (Wildman–Crippen LogP) is 1.75. The van der Waals surface area contributed by atoms with E-state index in [9.17, 15) is 4.79 Å². The molecule has 0 aromatic carbocycles. The minimum Gasteiger partial charge on any atom is -0.478 e. The number of pyridine rings is 1. The number of carboxylic acids is 1. The Bertz CT molecular complexity index is 623. The third-order valence-corrected chi connectivity index (χ3v) is 2.34. The highest BCUT2D eigenvalue weighted by molar-refractivity contribution is 5.91. The lowest BCUT2D eigenvalue weighted by atomic mass is 10.2. The van der Waals surface area contributed by atoms with Gasteiger partial charge in [0.15, 0.2) is 5.82 Å². The summed E-state index contributed by atoms with van der Waals surface area (Å²) in [5.74, 6) is -0.802. The number of nitrogens with zero attached hydrogens (tertiary/aromatic N) is 3. The molecule has 0 aliphatic carbocycles. The minimum absolute atomic E-state index is 0.0725. The average Bonchev–Trinajstić information content (AvgIpc) is 2.76. The zero-order valence-electron chi connectivity index (χ0n) is 9.08. The summed E-state index contributed by atoms with van der Waals surface area (Å²) in [6, 6.07) is 8.39. The highest BCUT2D eigenvalue weighted by Gasteiger charge is 2.14. The van der Waals surface area contributed by atoms with Crippen LogP contribution < -0.4 is 0 Å². The van der Waals surface area contributed by atoms with Crippen LogP contribution >= 0.6 is 0 Å². The molecular formula is C12H9N3O2. The highest BCUT2D eigenvalue weighted by Crippen LogP contribution is 2.16. The number of rotatable bonds is 2. The fraction of sp³-hybridized carbons (Fsp3) is 0.0833. The van der Waals surface area contributed by atoms with Crippen molar-refractivity contribution < 1.29 is 9.90 Å². The van der Waals surface area contributed by atoms with Crippen LogP contribution in [0.2, 0.25) is 0 Å². The van der Waals surface area contributed by atoms with E-state index >= 15 is 0 Å². The molecule has 2 rings (SSSR count). The van der Waals surface area contributed by atoms with E-state index in [1.165, 1.54) is 10.6 Å². The molecule has 0 saturated heterocycles. The van der Waals surface area contributed by atoms with Gasteiger partial charge in [-0.15, -0.1) is 0 Å². The second-order valence-corrected chi connectivity index (χ2v) is 3.50. The number of carboxylic acid groups (broad SMARTS) is 1. The lowest BCUT2D eigenvalue weighted by Crippen LogP contribution is -2.09. The summed E-state index contributed by atoms with van der Waals surface area (Å²) in [6.07, 6.45) is 1.62. The van der Waals surface area contributed by atoms with E-state index in [0.717, 1.165) is 0 Å². The van der Waals surface area contributed by atoms with Gasteiger partial charge in [-0.2, -0.15) is 5.26 Å². The molecule has 0 aliphatic heterocycles.